The van der Waals surface area contributed by atoms with E-state index in [9.17, 15) is 4.79 Å². The Labute approximate surface area is 125 Å². The molecule has 1 aliphatic heterocycles. The molecule has 0 radical (unpaired) electrons. The second-order valence-corrected chi connectivity index (χ2v) is 5.01. The topological polar surface area (TPSA) is 60.0 Å². The molecule has 1 aromatic rings. The average molecular weight is 294 g/mol. The van der Waals surface area contributed by atoms with Gasteiger partial charge < -0.3 is 24.4 Å². The van der Waals surface area contributed by atoms with Gasteiger partial charge >= 0.3 is 0 Å². The Morgan fingerprint density at radius 1 is 1.14 bits per heavy atom. The number of nitrogens with zero attached hydrogens (tertiary/aromatic N) is 1. The molecular formula is C15H22N2O4. The highest BCUT2D eigenvalue weighted by Crippen LogP contribution is 2.35. The first-order valence-corrected chi connectivity index (χ1v) is 6.93. The van der Waals surface area contributed by atoms with Gasteiger partial charge in [0, 0.05) is 37.8 Å². The lowest BCUT2D eigenvalue weighted by atomic mass is 10.1. The lowest BCUT2D eigenvalue weighted by Gasteiger charge is -2.32. The molecule has 1 amide bonds. The number of carbonyl (C=O) groups excluding carboxylic acids is 1. The molecule has 1 unspecified atom stereocenters. The Balaban J connectivity index is 2.34. The lowest BCUT2D eigenvalue weighted by molar-refractivity contribution is 0.0705. The van der Waals surface area contributed by atoms with E-state index in [1.54, 1.807) is 33.5 Å². The van der Waals surface area contributed by atoms with Crippen molar-refractivity contribution in [3.63, 3.8) is 0 Å². The standard InChI is InChI=1S/C15H22N2O4/c1-10-9-17(6-5-16-10)15(18)11-7-13(20-3)14(21-4)8-12(11)19-2/h7-8,10,16H,5-6,9H2,1-4H3. The van der Waals surface area contributed by atoms with Crippen LogP contribution < -0.4 is 19.5 Å². The van der Waals surface area contributed by atoms with E-state index in [4.69, 9.17) is 14.2 Å². The van der Waals surface area contributed by atoms with Gasteiger partial charge in [-0.15, -0.1) is 0 Å². The van der Waals surface area contributed by atoms with Crippen molar-refractivity contribution in [2.24, 2.45) is 0 Å². The van der Waals surface area contributed by atoms with Gasteiger partial charge in [-0.3, -0.25) is 4.79 Å². The first-order chi connectivity index (χ1) is 10.1. The molecule has 0 spiro atoms. The number of ether oxygens (including phenoxy) is 3. The lowest BCUT2D eigenvalue weighted by Crippen LogP contribution is -2.51. The minimum absolute atomic E-state index is 0.0545. The zero-order valence-electron chi connectivity index (χ0n) is 12.9. The van der Waals surface area contributed by atoms with Gasteiger partial charge in [0.15, 0.2) is 11.5 Å². The smallest absolute Gasteiger partial charge is 0.257 e. The van der Waals surface area contributed by atoms with Gasteiger partial charge in [-0.1, -0.05) is 0 Å². The van der Waals surface area contributed by atoms with Crippen LogP contribution in [0, 0.1) is 0 Å². The summed E-state index contributed by atoms with van der Waals surface area (Å²) in [6.45, 7) is 4.21. The predicted molar refractivity (Wildman–Crippen MR) is 79.5 cm³/mol. The maximum atomic E-state index is 12.7. The van der Waals surface area contributed by atoms with Crippen LogP contribution in [0.4, 0.5) is 0 Å². The zero-order valence-corrected chi connectivity index (χ0v) is 12.9. The number of hydrogen-bond donors (Lipinski definition) is 1. The molecule has 6 heteroatoms. The van der Waals surface area contributed by atoms with Crippen LogP contribution in [-0.4, -0.2) is 57.8 Å². The highest BCUT2D eigenvalue weighted by Gasteiger charge is 2.25. The van der Waals surface area contributed by atoms with Crippen LogP contribution in [0.5, 0.6) is 17.2 Å². The minimum Gasteiger partial charge on any atom is -0.496 e. The molecule has 0 aromatic heterocycles. The Bertz CT molecular complexity index is 519. The summed E-state index contributed by atoms with van der Waals surface area (Å²) in [7, 11) is 4.64. The van der Waals surface area contributed by atoms with Crippen molar-refractivity contribution in [3.05, 3.63) is 17.7 Å². The summed E-state index contributed by atoms with van der Waals surface area (Å²) in [4.78, 5) is 14.5. The second kappa shape index (κ2) is 6.67. The number of carbonyl (C=O) groups is 1. The molecule has 1 N–H and O–H groups in total. The first-order valence-electron chi connectivity index (χ1n) is 6.93. The maximum Gasteiger partial charge on any atom is 0.257 e. The third-order valence-corrected chi connectivity index (χ3v) is 3.59. The first kappa shape index (κ1) is 15.4. The van der Waals surface area contributed by atoms with Crippen molar-refractivity contribution in [2.75, 3.05) is 41.0 Å². The summed E-state index contributed by atoms with van der Waals surface area (Å²) in [6.07, 6.45) is 0. The van der Waals surface area contributed by atoms with Crippen LogP contribution in [0.2, 0.25) is 0 Å². The molecule has 1 heterocycles. The highest BCUT2D eigenvalue weighted by molar-refractivity contribution is 5.98. The quantitative estimate of drug-likeness (QED) is 0.902. The fraction of sp³-hybridized carbons (Fsp3) is 0.533. The SMILES string of the molecule is COc1cc(OC)c(C(=O)N2CCNC(C)C2)cc1OC. The molecule has 0 bridgehead atoms. The Morgan fingerprint density at radius 2 is 1.76 bits per heavy atom. The van der Waals surface area contributed by atoms with Crippen molar-refractivity contribution in [3.8, 4) is 17.2 Å². The largest absolute Gasteiger partial charge is 0.496 e. The molecule has 1 atom stereocenters. The van der Waals surface area contributed by atoms with Crippen molar-refractivity contribution < 1.29 is 19.0 Å². The summed E-state index contributed by atoms with van der Waals surface area (Å²) in [5.74, 6) is 1.49. The molecule has 0 aliphatic carbocycles. The van der Waals surface area contributed by atoms with E-state index in [2.05, 4.69) is 12.2 Å². The number of hydrogen-bond acceptors (Lipinski definition) is 5. The van der Waals surface area contributed by atoms with Gasteiger partial charge in [0.05, 0.1) is 26.9 Å². The van der Waals surface area contributed by atoms with Gasteiger partial charge in [-0.05, 0) is 6.92 Å². The second-order valence-electron chi connectivity index (χ2n) is 5.01. The number of amides is 1. The predicted octanol–water partition coefficient (Wildman–Crippen LogP) is 1.15. The molecule has 1 saturated heterocycles. The summed E-state index contributed by atoms with van der Waals surface area (Å²) in [6, 6.07) is 3.64. The van der Waals surface area contributed by atoms with Gasteiger partial charge in [-0.25, -0.2) is 0 Å². The Morgan fingerprint density at radius 3 is 2.33 bits per heavy atom. The number of methoxy groups -OCH3 is 3. The molecule has 21 heavy (non-hydrogen) atoms. The van der Waals surface area contributed by atoms with Crippen molar-refractivity contribution in [2.45, 2.75) is 13.0 Å². The van der Waals surface area contributed by atoms with Crippen LogP contribution >= 0.6 is 0 Å². The van der Waals surface area contributed by atoms with E-state index in [1.165, 1.54) is 0 Å². The van der Waals surface area contributed by atoms with Crippen molar-refractivity contribution in [1.29, 1.82) is 0 Å². The molecule has 1 fully saturated rings. The van der Waals surface area contributed by atoms with E-state index in [-0.39, 0.29) is 11.9 Å². The Kier molecular flexibility index (Phi) is 4.90. The normalized spacial score (nSPS) is 18.3. The third kappa shape index (κ3) is 3.21. The van der Waals surface area contributed by atoms with E-state index >= 15 is 0 Å². The monoisotopic (exact) mass is 294 g/mol. The van der Waals surface area contributed by atoms with Gasteiger partial charge in [0.1, 0.15) is 5.75 Å². The van der Waals surface area contributed by atoms with Crippen LogP contribution in [0.1, 0.15) is 17.3 Å². The van der Waals surface area contributed by atoms with Gasteiger partial charge in [0.2, 0.25) is 0 Å². The Hall–Kier alpha value is -1.95. The van der Waals surface area contributed by atoms with Crippen LogP contribution in [0.3, 0.4) is 0 Å². The molecular weight excluding hydrogens is 272 g/mol. The molecule has 116 valence electrons. The maximum absolute atomic E-state index is 12.7. The van der Waals surface area contributed by atoms with Crippen LogP contribution in [0.25, 0.3) is 0 Å². The van der Waals surface area contributed by atoms with Crippen molar-refractivity contribution >= 4 is 5.91 Å². The van der Waals surface area contributed by atoms with Crippen LogP contribution in [0.15, 0.2) is 12.1 Å². The van der Waals surface area contributed by atoms with Gasteiger partial charge in [0.25, 0.3) is 5.91 Å². The molecule has 2 rings (SSSR count). The molecule has 6 nitrogen and oxygen atoms in total. The molecule has 1 aliphatic rings. The van der Waals surface area contributed by atoms with E-state index in [0.717, 1.165) is 6.54 Å². The van der Waals surface area contributed by atoms with Gasteiger partial charge in [-0.2, -0.15) is 0 Å². The summed E-state index contributed by atoms with van der Waals surface area (Å²) < 4.78 is 15.8. The average Bonchev–Trinajstić information content (AvgIpc) is 2.52. The summed E-state index contributed by atoms with van der Waals surface area (Å²) in [5, 5.41) is 3.32. The fourth-order valence-corrected chi connectivity index (χ4v) is 2.48. The minimum atomic E-state index is -0.0545. The molecule has 0 saturated carbocycles. The number of benzene rings is 1. The van der Waals surface area contributed by atoms with E-state index in [1.807, 2.05) is 4.90 Å². The van der Waals surface area contributed by atoms with E-state index < -0.39 is 0 Å². The third-order valence-electron chi connectivity index (χ3n) is 3.59. The molecule has 1 aromatic carbocycles. The van der Waals surface area contributed by atoms with Crippen molar-refractivity contribution in [1.82, 2.24) is 10.2 Å². The number of piperazine rings is 1. The van der Waals surface area contributed by atoms with E-state index in [0.29, 0.717) is 35.9 Å². The highest BCUT2D eigenvalue weighted by atomic mass is 16.5. The summed E-state index contributed by atoms with van der Waals surface area (Å²) >= 11 is 0. The summed E-state index contributed by atoms with van der Waals surface area (Å²) in [5.41, 5.74) is 0.490. The zero-order chi connectivity index (χ0) is 15.4. The number of nitrogens with one attached hydrogen (secondary N) is 1. The fourth-order valence-electron chi connectivity index (χ4n) is 2.48. The van der Waals surface area contributed by atoms with Crippen LogP contribution in [-0.2, 0) is 0 Å². The number of rotatable bonds is 4.